The van der Waals surface area contributed by atoms with Crippen molar-refractivity contribution < 1.29 is 9.53 Å². The maximum absolute atomic E-state index is 12.8. The minimum atomic E-state index is -0.0545. The number of aryl methyl sites for hydroxylation is 2. The lowest BCUT2D eigenvalue weighted by atomic mass is 10.1. The van der Waals surface area contributed by atoms with Gasteiger partial charge in [0, 0.05) is 48.8 Å². The van der Waals surface area contributed by atoms with Crippen molar-refractivity contribution in [2.45, 2.75) is 20.4 Å². The first-order valence-electron chi connectivity index (χ1n) is 9.78. The molecule has 8 heteroatoms. The highest BCUT2D eigenvalue weighted by atomic mass is 32.1. The lowest BCUT2D eigenvalue weighted by Crippen LogP contribution is -2.35. The van der Waals surface area contributed by atoms with Crippen LogP contribution in [-0.4, -0.2) is 53.5 Å². The van der Waals surface area contributed by atoms with Crippen molar-refractivity contribution in [1.29, 1.82) is 0 Å². The van der Waals surface area contributed by atoms with Gasteiger partial charge in [0.2, 0.25) is 0 Å². The summed E-state index contributed by atoms with van der Waals surface area (Å²) < 4.78 is 7.41. The number of nitrogens with zero attached hydrogens (tertiary/aromatic N) is 4. The van der Waals surface area contributed by atoms with E-state index >= 15 is 0 Å². The van der Waals surface area contributed by atoms with Gasteiger partial charge in [-0.1, -0.05) is 6.07 Å². The first kappa shape index (κ1) is 19.6. The molecule has 1 N–H and O–H groups in total. The second kappa shape index (κ2) is 8.75. The largest absolute Gasteiger partial charge is 0.378 e. The van der Waals surface area contributed by atoms with E-state index in [0.29, 0.717) is 31.2 Å². The van der Waals surface area contributed by atoms with Crippen LogP contribution in [0.15, 0.2) is 36.7 Å². The quantitative estimate of drug-likeness (QED) is 0.675. The number of thiophene rings is 1. The Balaban J connectivity index is 1.51. The maximum atomic E-state index is 12.8. The molecular weight excluding hydrogens is 386 g/mol. The number of hydrogen-bond acceptors (Lipinski definition) is 6. The minimum Gasteiger partial charge on any atom is -0.378 e. The molecule has 7 nitrogen and oxygen atoms in total. The van der Waals surface area contributed by atoms with Gasteiger partial charge in [0.15, 0.2) is 0 Å². The summed E-state index contributed by atoms with van der Waals surface area (Å²) in [5, 5.41) is 8.57. The molecule has 1 amide bonds. The van der Waals surface area contributed by atoms with Crippen LogP contribution in [0.5, 0.6) is 0 Å². The monoisotopic (exact) mass is 411 g/mol. The van der Waals surface area contributed by atoms with E-state index in [2.05, 4.69) is 20.3 Å². The van der Waals surface area contributed by atoms with Crippen LogP contribution in [0.3, 0.4) is 0 Å². The number of ether oxygens (including phenoxy) is 1. The molecular formula is C21H25N5O2S. The van der Waals surface area contributed by atoms with Crippen LogP contribution in [0.2, 0.25) is 0 Å². The van der Waals surface area contributed by atoms with Crippen molar-refractivity contribution in [2.75, 3.05) is 37.7 Å². The van der Waals surface area contributed by atoms with Crippen molar-refractivity contribution in [1.82, 2.24) is 20.1 Å². The molecule has 0 bridgehead atoms. The molecule has 0 saturated carbocycles. The van der Waals surface area contributed by atoms with Crippen LogP contribution in [0.4, 0.5) is 5.00 Å². The third kappa shape index (κ3) is 4.49. The number of anilines is 1. The van der Waals surface area contributed by atoms with E-state index in [0.717, 1.165) is 40.6 Å². The average molecular weight is 412 g/mol. The fourth-order valence-electron chi connectivity index (χ4n) is 3.49. The fraction of sp³-hybridized carbons (Fsp3) is 0.381. The summed E-state index contributed by atoms with van der Waals surface area (Å²) in [7, 11) is 0. The molecule has 1 aliphatic rings. The van der Waals surface area contributed by atoms with Gasteiger partial charge in [-0.3, -0.25) is 14.5 Å². The van der Waals surface area contributed by atoms with E-state index in [1.165, 1.54) is 11.3 Å². The first-order valence-corrected chi connectivity index (χ1v) is 10.6. The Morgan fingerprint density at radius 3 is 2.79 bits per heavy atom. The number of aromatic nitrogens is 3. The highest BCUT2D eigenvalue weighted by molar-refractivity contribution is 7.18. The molecule has 0 spiro atoms. The first-order chi connectivity index (χ1) is 14.1. The van der Waals surface area contributed by atoms with E-state index in [1.54, 1.807) is 6.20 Å². The van der Waals surface area contributed by atoms with Crippen molar-refractivity contribution in [2.24, 2.45) is 0 Å². The van der Waals surface area contributed by atoms with Gasteiger partial charge in [0.25, 0.3) is 5.91 Å². The molecule has 0 unspecified atom stereocenters. The average Bonchev–Trinajstić information content (AvgIpc) is 3.32. The predicted molar refractivity (Wildman–Crippen MR) is 115 cm³/mol. The van der Waals surface area contributed by atoms with Gasteiger partial charge in [-0.25, -0.2) is 0 Å². The number of pyridine rings is 1. The normalized spacial score (nSPS) is 14.2. The van der Waals surface area contributed by atoms with Gasteiger partial charge in [0.1, 0.15) is 0 Å². The van der Waals surface area contributed by atoms with Gasteiger partial charge in [-0.2, -0.15) is 5.10 Å². The molecule has 3 aromatic rings. The van der Waals surface area contributed by atoms with Gasteiger partial charge < -0.3 is 15.0 Å². The van der Waals surface area contributed by atoms with E-state index in [-0.39, 0.29) is 5.91 Å². The van der Waals surface area contributed by atoms with Crippen LogP contribution in [0, 0.1) is 13.8 Å². The molecule has 1 fully saturated rings. The molecule has 1 aliphatic heterocycles. The van der Waals surface area contributed by atoms with Crippen molar-refractivity contribution in [3.8, 4) is 11.1 Å². The zero-order valence-corrected chi connectivity index (χ0v) is 17.5. The third-order valence-corrected chi connectivity index (χ3v) is 6.11. The fourth-order valence-corrected chi connectivity index (χ4v) is 4.64. The molecule has 152 valence electrons. The summed E-state index contributed by atoms with van der Waals surface area (Å²) in [5.41, 5.74) is 4.16. The van der Waals surface area contributed by atoms with Crippen molar-refractivity contribution in [3.63, 3.8) is 0 Å². The number of carbonyl (C=O) groups excluding carboxylic acids is 1. The van der Waals surface area contributed by atoms with E-state index < -0.39 is 0 Å². The lowest BCUT2D eigenvalue weighted by Gasteiger charge is -2.28. The second-order valence-corrected chi connectivity index (χ2v) is 8.11. The topological polar surface area (TPSA) is 72.3 Å². The number of rotatable bonds is 6. The van der Waals surface area contributed by atoms with E-state index in [9.17, 15) is 4.79 Å². The molecule has 29 heavy (non-hydrogen) atoms. The summed E-state index contributed by atoms with van der Waals surface area (Å²) in [6.45, 7) is 8.25. The van der Waals surface area contributed by atoms with Crippen molar-refractivity contribution in [3.05, 3.63) is 52.9 Å². The summed E-state index contributed by atoms with van der Waals surface area (Å²) in [5.74, 6) is -0.0545. The Labute approximate surface area is 174 Å². The molecule has 0 aliphatic carbocycles. The van der Waals surface area contributed by atoms with E-state index in [1.807, 2.05) is 49.0 Å². The van der Waals surface area contributed by atoms with Crippen LogP contribution in [-0.2, 0) is 11.3 Å². The lowest BCUT2D eigenvalue weighted by molar-refractivity contribution is 0.0956. The number of nitrogens with one attached hydrogen (secondary N) is 1. The zero-order chi connectivity index (χ0) is 20.2. The SMILES string of the molecule is Cc1cc(C)n(CCNC(=O)c2cc(-c3cccnc3)c(N3CCOCC3)s2)n1. The predicted octanol–water partition coefficient (Wildman–Crippen LogP) is 2.89. The summed E-state index contributed by atoms with van der Waals surface area (Å²) >= 11 is 1.53. The zero-order valence-electron chi connectivity index (χ0n) is 16.7. The molecule has 4 rings (SSSR count). The van der Waals surface area contributed by atoms with Crippen LogP contribution < -0.4 is 10.2 Å². The highest BCUT2D eigenvalue weighted by Crippen LogP contribution is 2.39. The molecule has 0 atom stereocenters. The minimum absolute atomic E-state index is 0.0545. The molecule has 3 aromatic heterocycles. The van der Waals surface area contributed by atoms with Gasteiger partial charge in [-0.05, 0) is 32.0 Å². The Hall–Kier alpha value is -2.71. The number of carbonyl (C=O) groups is 1. The summed E-state index contributed by atoms with van der Waals surface area (Å²) in [4.78, 5) is 20.1. The molecule has 0 radical (unpaired) electrons. The Kier molecular flexibility index (Phi) is 5.92. The van der Waals surface area contributed by atoms with Gasteiger partial charge in [0.05, 0.1) is 35.3 Å². The van der Waals surface area contributed by atoms with Gasteiger partial charge in [-0.15, -0.1) is 11.3 Å². The highest BCUT2D eigenvalue weighted by Gasteiger charge is 2.22. The standard InChI is InChI=1S/C21H25N5O2S/c1-15-12-16(2)26(24-15)7-6-23-20(27)19-13-18(17-4-3-5-22-14-17)21(29-19)25-8-10-28-11-9-25/h3-5,12-14H,6-11H2,1-2H3,(H,23,27). The van der Waals surface area contributed by atoms with Crippen LogP contribution >= 0.6 is 11.3 Å². The maximum Gasteiger partial charge on any atom is 0.261 e. The van der Waals surface area contributed by atoms with Gasteiger partial charge >= 0.3 is 0 Å². The van der Waals surface area contributed by atoms with E-state index in [4.69, 9.17) is 4.74 Å². The molecule has 1 saturated heterocycles. The molecule has 4 heterocycles. The number of hydrogen-bond donors (Lipinski definition) is 1. The second-order valence-electron chi connectivity index (χ2n) is 7.08. The molecule has 0 aromatic carbocycles. The number of amides is 1. The van der Waals surface area contributed by atoms with Crippen LogP contribution in [0.1, 0.15) is 21.1 Å². The summed E-state index contributed by atoms with van der Waals surface area (Å²) in [6.07, 6.45) is 3.60. The smallest absolute Gasteiger partial charge is 0.261 e. The Bertz CT molecular complexity index is 976. The third-order valence-electron chi connectivity index (χ3n) is 4.92. The van der Waals surface area contributed by atoms with Crippen LogP contribution in [0.25, 0.3) is 11.1 Å². The summed E-state index contributed by atoms with van der Waals surface area (Å²) in [6, 6.07) is 7.97. The van der Waals surface area contributed by atoms with Crippen molar-refractivity contribution >= 4 is 22.2 Å². The Morgan fingerprint density at radius 1 is 1.28 bits per heavy atom. The Morgan fingerprint density at radius 2 is 2.10 bits per heavy atom. The number of morpholine rings is 1.